The standard InChI is InChI=1S/C26H25BrN2O3S/c1-3-13-32-24-20(27)14-17(15-21(24)31-2)16-28-26-23(19-11-7-8-12-22(19)33-26)25(30)29-18-9-5-4-6-10-18/h3-6,9-10,14-16H,1,7-8,11-13H2,2H3,(H,29,30). The molecular formula is C26H25BrN2O3S. The second-order valence-electron chi connectivity index (χ2n) is 7.60. The zero-order valence-corrected chi connectivity index (χ0v) is 20.8. The van der Waals surface area contributed by atoms with Gasteiger partial charge in [0.05, 0.1) is 17.1 Å². The molecule has 0 aliphatic heterocycles. The summed E-state index contributed by atoms with van der Waals surface area (Å²) in [5.74, 6) is 1.10. The highest BCUT2D eigenvalue weighted by atomic mass is 79.9. The molecule has 0 unspecified atom stereocenters. The van der Waals surface area contributed by atoms with Gasteiger partial charge < -0.3 is 14.8 Å². The lowest BCUT2D eigenvalue weighted by molar-refractivity contribution is 0.102. The largest absolute Gasteiger partial charge is 0.493 e. The number of fused-ring (bicyclic) bond motifs is 1. The molecule has 0 fully saturated rings. The van der Waals surface area contributed by atoms with Gasteiger partial charge in [0.2, 0.25) is 0 Å². The van der Waals surface area contributed by atoms with Gasteiger partial charge in [-0.2, -0.15) is 0 Å². The SMILES string of the molecule is C=CCOc1c(Br)cc(C=Nc2sc3c(c2C(=O)Nc2ccccc2)CCCC3)cc1OC. The van der Waals surface area contributed by atoms with Crippen LogP contribution in [-0.2, 0) is 12.8 Å². The molecule has 0 saturated carbocycles. The number of aryl methyl sites for hydroxylation is 1. The fraction of sp³-hybridized carbons (Fsp3) is 0.231. The number of aliphatic imine (C=N–C) groups is 1. The monoisotopic (exact) mass is 524 g/mol. The van der Waals surface area contributed by atoms with Crippen molar-refractivity contribution >= 4 is 50.1 Å². The highest BCUT2D eigenvalue weighted by Crippen LogP contribution is 2.41. The number of nitrogens with zero attached hydrogens (tertiary/aromatic N) is 1. The molecule has 0 atom stereocenters. The number of para-hydroxylation sites is 1. The van der Waals surface area contributed by atoms with Gasteiger partial charge in [0.25, 0.3) is 5.91 Å². The summed E-state index contributed by atoms with van der Waals surface area (Å²) < 4.78 is 12.0. The second-order valence-corrected chi connectivity index (χ2v) is 9.54. The van der Waals surface area contributed by atoms with E-state index in [2.05, 4.69) is 27.8 Å². The van der Waals surface area contributed by atoms with Gasteiger partial charge in [-0.1, -0.05) is 30.9 Å². The normalized spacial score (nSPS) is 12.9. The minimum Gasteiger partial charge on any atom is -0.493 e. The van der Waals surface area contributed by atoms with Gasteiger partial charge in [0.1, 0.15) is 11.6 Å². The van der Waals surface area contributed by atoms with Crippen LogP contribution >= 0.6 is 27.3 Å². The van der Waals surface area contributed by atoms with Crippen LogP contribution in [0.25, 0.3) is 0 Å². The van der Waals surface area contributed by atoms with E-state index in [0.29, 0.717) is 23.7 Å². The van der Waals surface area contributed by atoms with E-state index in [1.807, 2.05) is 42.5 Å². The summed E-state index contributed by atoms with van der Waals surface area (Å²) in [6.07, 6.45) is 7.59. The molecular weight excluding hydrogens is 500 g/mol. The number of hydrogen-bond acceptors (Lipinski definition) is 5. The lowest BCUT2D eigenvalue weighted by Gasteiger charge is -2.13. The number of benzene rings is 2. The number of halogens is 1. The van der Waals surface area contributed by atoms with E-state index in [-0.39, 0.29) is 5.91 Å². The van der Waals surface area contributed by atoms with Gasteiger partial charge in [-0.3, -0.25) is 4.79 Å². The van der Waals surface area contributed by atoms with E-state index in [9.17, 15) is 4.79 Å². The van der Waals surface area contributed by atoms with Crippen LogP contribution in [0.4, 0.5) is 10.7 Å². The summed E-state index contributed by atoms with van der Waals surface area (Å²) in [7, 11) is 1.60. The number of rotatable bonds is 8. The summed E-state index contributed by atoms with van der Waals surface area (Å²) in [6.45, 7) is 4.06. The molecule has 1 amide bonds. The van der Waals surface area contributed by atoms with Crippen molar-refractivity contribution in [3.05, 3.63) is 81.2 Å². The highest BCUT2D eigenvalue weighted by molar-refractivity contribution is 9.10. The molecule has 1 aliphatic rings. The molecule has 1 aromatic heterocycles. The lowest BCUT2D eigenvalue weighted by Crippen LogP contribution is -2.14. The highest BCUT2D eigenvalue weighted by Gasteiger charge is 2.25. The maximum Gasteiger partial charge on any atom is 0.259 e. The molecule has 0 spiro atoms. The minimum atomic E-state index is -0.111. The summed E-state index contributed by atoms with van der Waals surface area (Å²) in [5.41, 5.74) is 3.44. The molecule has 4 rings (SSSR count). The van der Waals surface area contributed by atoms with Crippen molar-refractivity contribution in [2.75, 3.05) is 19.0 Å². The first-order chi connectivity index (χ1) is 16.1. The smallest absolute Gasteiger partial charge is 0.259 e. The van der Waals surface area contributed by atoms with E-state index in [0.717, 1.165) is 52.0 Å². The number of carbonyl (C=O) groups excluding carboxylic acids is 1. The number of anilines is 1. The fourth-order valence-corrected chi connectivity index (χ4v) is 5.63. The van der Waals surface area contributed by atoms with Crippen LogP contribution in [0.5, 0.6) is 11.5 Å². The Morgan fingerprint density at radius 3 is 2.79 bits per heavy atom. The molecule has 3 aromatic rings. The van der Waals surface area contributed by atoms with Gasteiger partial charge in [0, 0.05) is 16.8 Å². The molecule has 1 heterocycles. The van der Waals surface area contributed by atoms with Crippen molar-refractivity contribution in [3.8, 4) is 11.5 Å². The number of amides is 1. The van der Waals surface area contributed by atoms with Crippen LogP contribution < -0.4 is 14.8 Å². The van der Waals surface area contributed by atoms with E-state index in [4.69, 9.17) is 14.5 Å². The van der Waals surface area contributed by atoms with Crippen LogP contribution in [0.3, 0.4) is 0 Å². The second kappa shape index (κ2) is 10.8. The van der Waals surface area contributed by atoms with Crippen molar-refractivity contribution in [3.63, 3.8) is 0 Å². The molecule has 5 nitrogen and oxygen atoms in total. The first kappa shape index (κ1) is 23.3. The summed E-state index contributed by atoms with van der Waals surface area (Å²) in [6, 6.07) is 13.3. The molecule has 0 saturated heterocycles. The van der Waals surface area contributed by atoms with Gasteiger partial charge in [0.15, 0.2) is 11.5 Å². The Hall–Kier alpha value is -2.90. The topological polar surface area (TPSA) is 59.9 Å². The van der Waals surface area contributed by atoms with Crippen LogP contribution in [0.1, 0.15) is 39.2 Å². The number of methoxy groups -OCH3 is 1. The van der Waals surface area contributed by atoms with Crippen molar-refractivity contribution < 1.29 is 14.3 Å². The number of ether oxygens (including phenoxy) is 2. The van der Waals surface area contributed by atoms with Crippen LogP contribution in [0.2, 0.25) is 0 Å². The molecule has 33 heavy (non-hydrogen) atoms. The molecule has 1 N–H and O–H groups in total. The third kappa shape index (κ3) is 5.37. The van der Waals surface area contributed by atoms with Crippen molar-refractivity contribution in [2.45, 2.75) is 25.7 Å². The quantitative estimate of drug-likeness (QED) is 0.255. The zero-order chi connectivity index (χ0) is 23.2. The van der Waals surface area contributed by atoms with E-state index >= 15 is 0 Å². The van der Waals surface area contributed by atoms with Crippen LogP contribution in [0.15, 0.2) is 64.6 Å². The Morgan fingerprint density at radius 2 is 2.03 bits per heavy atom. The van der Waals surface area contributed by atoms with Crippen LogP contribution in [0, 0.1) is 0 Å². The molecule has 2 aromatic carbocycles. The van der Waals surface area contributed by atoms with Crippen molar-refractivity contribution in [2.24, 2.45) is 4.99 Å². The molecule has 0 radical (unpaired) electrons. The van der Waals surface area contributed by atoms with E-state index < -0.39 is 0 Å². The van der Waals surface area contributed by atoms with Crippen molar-refractivity contribution in [1.82, 2.24) is 0 Å². The summed E-state index contributed by atoms with van der Waals surface area (Å²) in [4.78, 5) is 19.3. The summed E-state index contributed by atoms with van der Waals surface area (Å²) in [5, 5.41) is 3.76. The third-order valence-electron chi connectivity index (χ3n) is 5.34. The molecule has 0 bridgehead atoms. The summed E-state index contributed by atoms with van der Waals surface area (Å²) >= 11 is 5.16. The first-order valence-electron chi connectivity index (χ1n) is 10.8. The minimum absolute atomic E-state index is 0.111. The predicted octanol–water partition coefficient (Wildman–Crippen LogP) is 6.97. The lowest BCUT2D eigenvalue weighted by atomic mass is 9.95. The molecule has 170 valence electrons. The zero-order valence-electron chi connectivity index (χ0n) is 18.4. The average Bonchev–Trinajstić information content (AvgIpc) is 3.21. The van der Waals surface area contributed by atoms with Crippen molar-refractivity contribution in [1.29, 1.82) is 0 Å². The Balaban J connectivity index is 1.66. The predicted molar refractivity (Wildman–Crippen MR) is 139 cm³/mol. The van der Waals surface area contributed by atoms with Crippen LogP contribution in [-0.4, -0.2) is 25.8 Å². The van der Waals surface area contributed by atoms with Gasteiger partial charge in [-0.05, 0) is 77.0 Å². The Kier molecular flexibility index (Phi) is 7.62. The number of thiophene rings is 1. The van der Waals surface area contributed by atoms with E-state index in [1.165, 1.54) is 4.88 Å². The van der Waals surface area contributed by atoms with Gasteiger partial charge in [-0.15, -0.1) is 11.3 Å². The number of carbonyl (C=O) groups is 1. The first-order valence-corrected chi connectivity index (χ1v) is 12.4. The van der Waals surface area contributed by atoms with E-state index in [1.54, 1.807) is 30.7 Å². The molecule has 7 heteroatoms. The Bertz CT molecular complexity index is 1190. The maximum atomic E-state index is 13.2. The van der Waals surface area contributed by atoms with Gasteiger partial charge >= 0.3 is 0 Å². The number of nitrogens with one attached hydrogen (secondary N) is 1. The van der Waals surface area contributed by atoms with Gasteiger partial charge in [-0.25, -0.2) is 4.99 Å². The molecule has 1 aliphatic carbocycles. The average molecular weight is 525 g/mol. The fourth-order valence-electron chi connectivity index (χ4n) is 3.82. The Morgan fingerprint density at radius 1 is 1.24 bits per heavy atom. The number of hydrogen-bond donors (Lipinski definition) is 1. The maximum absolute atomic E-state index is 13.2. The Labute approximate surface area is 206 Å². The third-order valence-corrected chi connectivity index (χ3v) is 7.13.